The number of rotatable bonds is 3. The Labute approximate surface area is 97.2 Å². The lowest BCUT2D eigenvalue weighted by Gasteiger charge is -2.34. The van der Waals surface area contributed by atoms with E-state index in [-0.39, 0.29) is 0 Å². The van der Waals surface area contributed by atoms with Crippen molar-refractivity contribution in [3.8, 4) is 0 Å². The average Bonchev–Trinajstić information content (AvgIpc) is 3.15. The summed E-state index contributed by atoms with van der Waals surface area (Å²) in [6.45, 7) is 3.31. The molecule has 16 heavy (non-hydrogen) atoms. The molecule has 86 valence electrons. The Bertz CT molecular complexity index is 334. The van der Waals surface area contributed by atoms with Gasteiger partial charge in [-0.25, -0.2) is 0 Å². The molecule has 0 radical (unpaired) electrons. The van der Waals surface area contributed by atoms with E-state index < -0.39 is 0 Å². The summed E-state index contributed by atoms with van der Waals surface area (Å²) in [5, 5.41) is 0. The lowest BCUT2D eigenvalue weighted by molar-refractivity contribution is 0.113. The van der Waals surface area contributed by atoms with E-state index in [4.69, 9.17) is 4.74 Å². The van der Waals surface area contributed by atoms with Gasteiger partial charge in [0.15, 0.2) is 0 Å². The van der Waals surface area contributed by atoms with Crippen LogP contribution in [0.4, 0.5) is 0 Å². The van der Waals surface area contributed by atoms with Gasteiger partial charge in [-0.2, -0.15) is 0 Å². The Morgan fingerprint density at radius 2 is 2.00 bits per heavy atom. The SMILES string of the molecule is c1ccc(CN2CCCCC2[C@@H]2CO2)cc1. The van der Waals surface area contributed by atoms with Gasteiger partial charge in [-0.3, -0.25) is 4.90 Å². The van der Waals surface area contributed by atoms with Crippen LogP contribution >= 0.6 is 0 Å². The molecule has 0 bridgehead atoms. The van der Waals surface area contributed by atoms with Gasteiger partial charge in [0, 0.05) is 12.6 Å². The van der Waals surface area contributed by atoms with Crippen LogP contribution in [0.15, 0.2) is 30.3 Å². The minimum atomic E-state index is 0.531. The highest BCUT2D eigenvalue weighted by Crippen LogP contribution is 2.28. The quantitative estimate of drug-likeness (QED) is 0.723. The smallest absolute Gasteiger partial charge is 0.0964 e. The molecule has 2 nitrogen and oxygen atoms in total. The maximum absolute atomic E-state index is 5.47. The van der Waals surface area contributed by atoms with Gasteiger partial charge in [-0.1, -0.05) is 36.8 Å². The van der Waals surface area contributed by atoms with E-state index in [1.54, 1.807) is 0 Å². The van der Waals surface area contributed by atoms with Crippen molar-refractivity contribution in [1.29, 1.82) is 0 Å². The first-order valence-electron chi connectivity index (χ1n) is 6.33. The van der Waals surface area contributed by atoms with Gasteiger partial charge in [0.25, 0.3) is 0 Å². The monoisotopic (exact) mass is 217 g/mol. The third kappa shape index (κ3) is 2.28. The first-order chi connectivity index (χ1) is 7.93. The standard InChI is InChI=1S/C14H19NO/c1-2-6-12(7-3-1)10-15-9-5-4-8-13(15)14-11-16-14/h1-3,6-7,13-14H,4-5,8-11H2/t13?,14-/m0/s1. The molecule has 1 aromatic rings. The zero-order chi connectivity index (χ0) is 10.8. The number of piperidine rings is 1. The molecule has 0 N–H and O–H groups in total. The fourth-order valence-electron chi connectivity index (χ4n) is 2.73. The second-order valence-corrected chi connectivity index (χ2v) is 4.89. The fourth-order valence-corrected chi connectivity index (χ4v) is 2.73. The topological polar surface area (TPSA) is 15.8 Å². The van der Waals surface area contributed by atoms with Crippen LogP contribution in [0.1, 0.15) is 24.8 Å². The van der Waals surface area contributed by atoms with Gasteiger partial charge in [0.05, 0.1) is 12.7 Å². The lowest BCUT2D eigenvalue weighted by Crippen LogP contribution is -2.42. The van der Waals surface area contributed by atoms with Crippen molar-refractivity contribution < 1.29 is 4.74 Å². The molecule has 2 heteroatoms. The number of hydrogen-bond donors (Lipinski definition) is 0. The molecular formula is C14H19NO. The zero-order valence-corrected chi connectivity index (χ0v) is 9.64. The fraction of sp³-hybridized carbons (Fsp3) is 0.571. The normalized spacial score (nSPS) is 30.2. The number of ether oxygens (including phenoxy) is 1. The molecule has 2 fully saturated rings. The Balaban J connectivity index is 1.67. The molecular weight excluding hydrogens is 198 g/mol. The third-order valence-electron chi connectivity index (χ3n) is 3.68. The summed E-state index contributed by atoms with van der Waals surface area (Å²) < 4.78 is 5.47. The van der Waals surface area contributed by atoms with Crippen LogP contribution in [0, 0.1) is 0 Å². The molecule has 0 aliphatic carbocycles. The van der Waals surface area contributed by atoms with Crippen LogP contribution in [0.25, 0.3) is 0 Å². The number of hydrogen-bond acceptors (Lipinski definition) is 2. The van der Waals surface area contributed by atoms with E-state index in [0.717, 1.165) is 13.2 Å². The van der Waals surface area contributed by atoms with Crippen LogP contribution in [0.5, 0.6) is 0 Å². The van der Waals surface area contributed by atoms with Crippen LogP contribution in [-0.2, 0) is 11.3 Å². The van der Waals surface area contributed by atoms with Crippen LogP contribution < -0.4 is 0 Å². The van der Waals surface area contributed by atoms with Gasteiger partial charge in [-0.15, -0.1) is 0 Å². The summed E-state index contributed by atoms with van der Waals surface area (Å²) in [5.74, 6) is 0. The van der Waals surface area contributed by atoms with Gasteiger partial charge in [0.2, 0.25) is 0 Å². The highest BCUT2D eigenvalue weighted by molar-refractivity contribution is 5.15. The molecule has 3 rings (SSSR count). The van der Waals surface area contributed by atoms with Crippen molar-refractivity contribution in [2.75, 3.05) is 13.2 Å². The maximum Gasteiger partial charge on any atom is 0.0964 e. The summed E-state index contributed by atoms with van der Waals surface area (Å²) in [6, 6.07) is 11.5. The maximum atomic E-state index is 5.47. The number of benzene rings is 1. The highest BCUT2D eigenvalue weighted by Gasteiger charge is 2.37. The molecule has 0 spiro atoms. The van der Waals surface area contributed by atoms with E-state index in [1.165, 1.54) is 31.4 Å². The molecule has 2 saturated heterocycles. The Morgan fingerprint density at radius 3 is 2.75 bits per heavy atom. The van der Waals surface area contributed by atoms with E-state index in [0.29, 0.717) is 12.1 Å². The predicted molar refractivity (Wildman–Crippen MR) is 64.2 cm³/mol. The number of epoxide rings is 1. The highest BCUT2D eigenvalue weighted by atomic mass is 16.6. The van der Waals surface area contributed by atoms with Crippen molar-refractivity contribution in [3.63, 3.8) is 0 Å². The summed E-state index contributed by atoms with van der Waals surface area (Å²) in [4.78, 5) is 2.61. The Morgan fingerprint density at radius 1 is 1.19 bits per heavy atom. The first kappa shape index (κ1) is 10.3. The second-order valence-electron chi connectivity index (χ2n) is 4.89. The van der Waals surface area contributed by atoms with Crippen LogP contribution in [-0.4, -0.2) is 30.2 Å². The largest absolute Gasteiger partial charge is 0.371 e. The van der Waals surface area contributed by atoms with Crippen LogP contribution in [0.3, 0.4) is 0 Å². The lowest BCUT2D eigenvalue weighted by atomic mass is 9.99. The molecule has 0 saturated carbocycles. The third-order valence-corrected chi connectivity index (χ3v) is 3.68. The molecule has 0 amide bonds. The van der Waals surface area contributed by atoms with Crippen molar-refractivity contribution in [1.82, 2.24) is 4.90 Å². The predicted octanol–water partition coefficient (Wildman–Crippen LogP) is 2.44. The second kappa shape index (κ2) is 4.56. The van der Waals surface area contributed by atoms with Gasteiger partial charge >= 0.3 is 0 Å². The van der Waals surface area contributed by atoms with Gasteiger partial charge in [0.1, 0.15) is 0 Å². The molecule has 2 aliphatic heterocycles. The van der Waals surface area contributed by atoms with E-state index in [1.807, 2.05) is 0 Å². The average molecular weight is 217 g/mol. The molecule has 1 aromatic carbocycles. The molecule has 2 atom stereocenters. The van der Waals surface area contributed by atoms with E-state index in [2.05, 4.69) is 35.2 Å². The van der Waals surface area contributed by atoms with E-state index in [9.17, 15) is 0 Å². The molecule has 0 aromatic heterocycles. The van der Waals surface area contributed by atoms with Crippen molar-refractivity contribution in [3.05, 3.63) is 35.9 Å². The van der Waals surface area contributed by atoms with Crippen molar-refractivity contribution in [2.45, 2.75) is 38.0 Å². The van der Waals surface area contributed by atoms with Crippen molar-refractivity contribution >= 4 is 0 Å². The minimum Gasteiger partial charge on any atom is -0.371 e. The molecule has 2 heterocycles. The van der Waals surface area contributed by atoms with Crippen molar-refractivity contribution in [2.24, 2.45) is 0 Å². The zero-order valence-electron chi connectivity index (χ0n) is 9.64. The molecule has 1 unspecified atom stereocenters. The van der Waals surface area contributed by atoms with Crippen LogP contribution in [0.2, 0.25) is 0 Å². The number of nitrogens with zero attached hydrogens (tertiary/aromatic N) is 1. The summed E-state index contributed by atoms with van der Waals surface area (Å²) in [5.41, 5.74) is 1.43. The van der Waals surface area contributed by atoms with Gasteiger partial charge in [-0.05, 0) is 24.9 Å². The number of likely N-dealkylation sites (tertiary alicyclic amines) is 1. The Kier molecular flexibility index (Phi) is 2.94. The van der Waals surface area contributed by atoms with Gasteiger partial charge < -0.3 is 4.74 Å². The summed E-state index contributed by atoms with van der Waals surface area (Å²) >= 11 is 0. The minimum absolute atomic E-state index is 0.531. The summed E-state index contributed by atoms with van der Waals surface area (Å²) in [6.07, 6.45) is 4.56. The van der Waals surface area contributed by atoms with E-state index >= 15 is 0 Å². The molecule has 2 aliphatic rings. The first-order valence-corrected chi connectivity index (χ1v) is 6.33. The Hall–Kier alpha value is -0.860. The summed E-state index contributed by atoms with van der Waals surface area (Å²) in [7, 11) is 0.